The van der Waals surface area contributed by atoms with Crippen molar-refractivity contribution in [3.05, 3.63) is 36.8 Å². The van der Waals surface area contributed by atoms with Gasteiger partial charge >= 0.3 is 0 Å². The lowest BCUT2D eigenvalue weighted by Crippen LogP contribution is -2.30. The molecular formula is C11H14N2O3. The molecule has 0 aliphatic carbocycles. The smallest absolute Gasteiger partial charge is 0.254 e. The fourth-order valence-electron chi connectivity index (χ4n) is 1.06. The van der Waals surface area contributed by atoms with Crippen molar-refractivity contribution in [1.82, 2.24) is 10.6 Å². The molecule has 0 spiro atoms. The number of amides is 2. The Bertz CT molecular complexity index is 357. The van der Waals surface area contributed by atoms with Gasteiger partial charge in [-0.15, -0.1) is 6.58 Å². The molecule has 1 aromatic rings. The van der Waals surface area contributed by atoms with E-state index in [1.165, 1.54) is 12.5 Å². The zero-order valence-corrected chi connectivity index (χ0v) is 8.86. The van der Waals surface area contributed by atoms with Crippen LogP contribution in [0.2, 0.25) is 0 Å². The van der Waals surface area contributed by atoms with Crippen molar-refractivity contribution in [3.63, 3.8) is 0 Å². The fraction of sp³-hybridized carbons (Fsp3) is 0.273. The molecule has 0 unspecified atom stereocenters. The normalized spacial score (nSPS) is 9.50. The highest BCUT2D eigenvalue weighted by Gasteiger charge is 2.06. The van der Waals surface area contributed by atoms with E-state index < -0.39 is 0 Å². The average molecular weight is 222 g/mol. The van der Waals surface area contributed by atoms with Crippen molar-refractivity contribution in [2.24, 2.45) is 0 Å². The van der Waals surface area contributed by atoms with Crippen LogP contribution in [0.1, 0.15) is 16.8 Å². The Labute approximate surface area is 93.5 Å². The van der Waals surface area contributed by atoms with Crippen molar-refractivity contribution in [2.75, 3.05) is 13.1 Å². The first kappa shape index (κ1) is 12.0. The highest BCUT2D eigenvalue weighted by molar-refractivity contribution is 5.93. The summed E-state index contributed by atoms with van der Waals surface area (Å²) in [5.41, 5.74) is 0.450. The van der Waals surface area contributed by atoms with Crippen LogP contribution in [0.15, 0.2) is 35.7 Å². The van der Waals surface area contributed by atoms with Gasteiger partial charge in [-0.1, -0.05) is 6.08 Å². The Balaban J connectivity index is 2.18. The Morgan fingerprint density at radius 3 is 2.88 bits per heavy atom. The van der Waals surface area contributed by atoms with E-state index in [2.05, 4.69) is 17.2 Å². The summed E-state index contributed by atoms with van der Waals surface area (Å²) in [6.45, 7) is 4.22. The summed E-state index contributed by atoms with van der Waals surface area (Å²) < 4.78 is 4.76. The molecule has 16 heavy (non-hydrogen) atoms. The third-order valence-corrected chi connectivity index (χ3v) is 1.86. The van der Waals surface area contributed by atoms with Crippen LogP contribution in [0.5, 0.6) is 0 Å². The van der Waals surface area contributed by atoms with Crippen LogP contribution >= 0.6 is 0 Å². The Hall–Kier alpha value is -2.04. The highest BCUT2D eigenvalue weighted by Crippen LogP contribution is 1.98. The Morgan fingerprint density at radius 2 is 2.25 bits per heavy atom. The van der Waals surface area contributed by atoms with Crippen LogP contribution < -0.4 is 10.6 Å². The molecule has 0 bridgehead atoms. The lowest BCUT2D eigenvalue weighted by molar-refractivity contribution is -0.120. The van der Waals surface area contributed by atoms with Crippen LogP contribution in [0.4, 0.5) is 0 Å². The van der Waals surface area contributed by atoms with Crippen LogP contribution in [-0.2, 0) is 4.79 Å². The van der Waals surface area contributed by atoms with E-state index in [0.29, 0.717) is 18.7 Å². The largest absolute Gasteiger partial charge is 0.472 e. The molecule has 1 heterocycles. The van der Waals surface area contributed by atoms with E-state index in [0.717, 1.165) is 0 Å². The summed E-state index contributed by atoms with van der Waals surface area (Å²) in [5.74, 6) is -0.363. The van der Waals surface area contributed by atoms with Gasteiger partial charge in [-0.05, 0) is 6.07 Å². The third kappa shape index (κ3) is 4.00. The van der Waals surface area contributed by atoms with Gasteiger partial charge in [0.05, 0.1) is 11.8 Å². The van der Waals surface area contributed by atoms with Gasteiger partial charge in [0.15, 0.2) is 0 Å². The maximum absolute atomic E-state index is 11.4. The summed E-state index contributed by atoms with van der Waals surface area (Å²) in [4.78, 5) is 22.5. The van der Waals surface area contributed by atoms with Gasteiger partial charge in [0, 0.05) is 19.5 Å². The molecule has 0 aromatic carbocycles. The van der Waals surface area contributed by atoms with Gasteiger partial charge in [0.2, 0.25) is 5.91 Å². The summed E-state index contributed by atoms with van der Waals surface area (Å²) in [7, 11) is 0. The molecule has 0 radical (unpaired) electrons. The first-order valence-electron chi connectivity index (χ1n) is 4.92. The van der Waals surface area contributed by atoms with E-state index in [4.69, 9.17) is 4.42 Å². The molecule has 5 nitrogen and oxygen atoms in total. The molecule has 0 aliphatic heterocycles. The number of furan rings is 1. The van der Waals surface area contributed by atoms with Gasteiger partial charge in [0.25, 0.3) is 5.91 Å². The van der Waals surface area contributed by atoms with E-state index in [1.54, 1.807) is 12.1 Å². The standard InChI is InChI=1S/C11H14N2O3/c1-2-5-12-10(14)3-6-13-11(15)9-4-7-16-8-9/h2,4,7-8H,1,3,5-6H2,(H,12,14)(H,13,15). The van der Waals surface area contributed by atoms with Gasteiger partial charge in [-0.2, -0.15) is 0 Å². The minimum Gasteiger partial charge on any atom is -0.472 e. The predicted molar refractivity (Wildman–Crippen MR) is 58.9 cm³/mol. The molecule has 86 valence electrons. The zero-order chi connectivity index (χ0) is 11.8. The zero-order valence-electron chi connectivity index (χ0n) is 8.86. The van der Waals surface area contributed by atoms with E-state index in [1.807, 2.05) is 0 Å². The molecule has 2 N–H and O–H groups in total. The molecular weight excluding hydrogens is 208 g/mol. The lowest BCUT2D eigenvalue weighted by atomic mass is 10.3. The molecule has 1 rings (SSSR count). The maximum Gasteiger partial charge on any atom is 0.254 e. The van der Waals surface area contributed by atoms with E-state index in [-0.39, 0.29) is 18.2 Å². The minimum atomic E-state index is -0.245. The number of hydrogen-bond donors (Lipinski definition) is 2. The molecule has 0 saturated heterocycles. The van der Waals surface area contributed by atoms with Crippen molar-refractivity contribution < 1.29 is 14.0 Å². The molecule has 0 aliphatic rings. The van der Waals surface area contributed by atoms with Crippen LogP contribution in [0.3, 0.4) is 0 Å². The summed E-state index contributed by atoms with van der Waals surface area (Å²) in [6, 6.07) is 1.56. The van der Waals surface area contributed by atoms with Gasteiger partial charge in [0.1, 0.15) is 6.26 Å². The van der Waals surface area contributed by atoms with Gasteiger partial charge in [-0.25, -0.2) is 0 Å². The number of carbonyl (C=O) groups excluding carboxylic acids is 2. The van der Waals surface area contributed by atoms with Gasteiger partial charge in [-0.3, -0.25) is 9.59 Å². The van der Waals surface area contributed by atoms with E-state index in [9.17, 15) is 9.59 Å². The van der Waals surface area contributed by atoms with Crippen molar-refractivity contribution in [3.8, 4) is 0 Å². The van der Waals surface area contributed by atoms with Gasteiger partial charge < -0.3 is 15.1 Å². The quantitative estimate of drug-likeness (QED) is 0.696. The second-order valence-electron chi connectivity index (χ2n) is 3.11. The third-order valence-electron chi connectivity index (χ3n) is 1.86. The van der Waals surface area contributed by atoms with Crippen molar-refractivity contribution in [1.29, 1.82) is 0 Å². The van der Waals surface area contributed by atoms with Crippen LogP contribution in [0, 0.1) is 0 Å². The van der Waals surface area contributed by atoms with Crippen molar-refractivity contribution in [2.45, 2.75) is 6.42 Å². The fourth-order valence-corrected chi connectivity index (χ4v) is 1.06. The molecule has 0 atom stereocenters. The Kier molecular flexibility index (Phi) is 4.85. The molecule has 1 aromatic heterocycles. The monoisotopic (exact) mass is 222 g/mol. The van der Waals surface area contributed by atoms with Crippen LogP contribution in [-0.4, -0.2) is 24.9 Å². The first-order valence-corrected chi connectivity index (χ1v) is 4.92. The topological polar surface area (TPSA) is 71.3 Å². The highest BCUT2D eigenvalue weighted by atomic mass is 16.3. The van der Waals surface area contributed by atoms with Crippen molar-refractivity contribution >= 4 is 11.8 Å². The lowest BCUT2D eigenvalue weighted by Gasteiger charge is -2.03. The van der Waals surface area contributed by atoms with E-state index >= 15 is 0 Å². The van der Waals surface area contributed by atoms with Crippen LogP contribution in [0.25, 0.3) is 0 Å². The predicted octanol–water partition coefficient (Wildman–Crippen LogP) is 0.702. The number of carbonyl (C=O) groups is 2. The minimum absolute atomic E-state index is 0.118. The maximum atomic E-state index is 11.4. The average Bonchev–Trinajstić information content (AvgIpc) is 2.79. The second kappa shape index (κ2) is 6.44. The molecule has 0 fully saturated rings. The Morgan fingerprint density at radius 1 is 1.44 bits per heavy atom. The number of hydrogen-bond acceptors (Lipinski definition) is 3. The number of nitrogens with one attached hydrogen (secondary N) is 2. The SMILES string of the molecule is C=CCNC(=O)CCNC(=O)c1ccoc1. The summed E-state index contributed by atoms with van der Waals surface area (Å²) >= 11 is 0. The summed E-state index contributed by atoms with van der Waals surface area (Å²) in [5, 5.41) is 5.22. The summed E-state index contributed by atoms with van der Waals surface area (Å²) in [6.07, 6.45) is 4.62. The molecule has 2 amide bonds. The first-order chi connectivity index (χ1) is 7.74. The second-order valence-corrected chi connectivity index (χ2v) is 3.11. The molecule has 5 heteroatoms. The number of rotatable bonds is 6. The molecule has 0 saturated carbocycles.